The number of likely N-dealkylation sites (tertiary alicyclic amines) is 1. The average molecular weight is 365 g/mol. The highest BCUT2D eigenvalue weighted by atomic mass is 32.2. The Bertz CT molecular complexity index is 814. The van der Waals surface area contributed by atoms with Crippen LogP contribution in [0.3, 0.4) is 0 Å². The minimum absolute atomic E-state index is 0.0502. The molecule has 0 aliphatic carbocycles. The molecule has 7 nitrogen and oxygen atoms in total. The quantitative estimate of drug-likeness (QED) is 0.804. The zero-order chi connectivity index (χ0) is 18.4. The van der Waals surface area contributed by atoms with Crippen LogP contribution in [0.1, 0.15) is 39.4 Å². The summed E-state index contributed by atoms with van der Waals surface area (Å²) in [7, 11) is -2.62. The predicted octanol–water partition coefficient (Wildman–Crippen LogP) is 2.18. The van der Waals surface area contributed by atoms with Crippen LogP contribution in [0.5, 0.6) is 0 Å². The zero-order valence-electron chi connectivity index (χ0n) is 14.8. The van der Waals surface area contributed by atoms with Crippen LogP contribution in [-0.2, 0) is 15.0 Å². The number of furan rings is 1. The van der Waals surface area contributed by atoms with Crippen molar-refractivity contribution in [2.75, 3.05) is 7.05 Å². The number of amides is 1. The maximum absolute atomic E-state index is 13.2. The second-order valence-electron chi connectivity index (χ2n) is 6.92. The fourth-order valence-electron chi connectivity index (χ4n) is 3.75. The van der Waals surface area contributed by atoms with Crippen LogP contribution in [0.2, 0.25) is 0 Å². The van der Waals surface area contributed by atoms with Crippen molar-refractivity contribution in [2.45, 2.75) is 45.7 Å². The minimum Gasteiger partial charge on any atom is -0.463 e. The Morgan fingerprint density at radius 2 is 1.88 bits per heavy atom. The van der Waals surface area contributed by atoms with Crippen molar-refractivity contribution in [2.24, 2.45) is 10.3 Å². The number of carbonyl (C=O) groups excluding carboxylic acids is 1. The molecule has 0 spiro atoms. The monoisotopic (exact) mass is 365 g/mol. The molecule has 0 N–H and O–H groups in total. The Balaban J connectivity index is 1.99. The third-order valence-electron chi connectivity index (χ3n) is 4.84. The Labute approximate surface area is 148 Å². The van der Waals surface area contributed by atoms with E-state index >= 15 is 0 Å². The van der Waals surface area contributed by atoms with E-state index in [0.29, 0.717) is 11.7 Å². The molecule has 1 amide bonds. The Morgan fingerprint density at radius 1 is 1.24 bits per heavy atom. The first kappa shape index (κ1) is 17.7. The Kier molecular flexibility index (Phi) is 4.49. The van der Waals surface area contributed by atoms with Gasteiger partial charge >= 0.3 is 10.2 Å². The molecule has 0 saturated carbocycles. The van der Waals surface area contributed by atoms with Crippen molar-refractivity contribution in [3.8, 4) is 0 Å². The van der Waals surface area contributed by atoms with Crippen LogP contribution >= 0.6 is 0 Å². The van der Waals surface area contributed by atoms with Gasteiger partial charge in [-0.3, -0.25) is 4.79 Å². The highest BCUT2D eigenvalue weighted by molar-refractivity contribution is 7.88. The number of hydrogen-bond donors (Lipinski definition) is 0. The van der Waals surface area contributed by atoms with E-state index in [1.165, 1.54) is 19.4 Å². The average Bonchev–Trinajstić information content (AvgIpc) is 3.02. The lowest BCUT2D eigenvalue weighted by atomic mass is 9.88. The second-order valence-corrected chi connectivity index (χ2v) is 8.54. The van der Waals surface area contributed by atoms with Crippen LogP contribution in [0, 0.1) is 5.92 Å². The third kappa shape index (κ3) is 3.22. The van der Waals surface area contributed by atoms with Crippen molar-refractivity contribution in [1.29, 1.82) is 0 Å². The van der Waals surface area contributed by atoms with E-state index < -0.39 is 10.2 Å². The summed E-state index contributed by atoms with van der Waals surface area (Å²) in [5.74, 6) is 0.559. The summed E-state index contributed by atoms with van der Waals surface area (Å²) in [5, 5.41) is 0. The van der Waals surface area contributed by atoms with Crippen LogP contribution < -0.4 is 0 Å². The number of rotatable bonds is 2. The molecule has 1 saturated heterocycles. The first-order valence-electron chi connectivity index (χ1n) is 8.37. The lowest BCUT2D eigenvalue weighted by molar-refractivity contribution is -0.134. The maximum Gasteiger partial charge on any atom is 0.345 e. The Morgan fingerprint density at radius 3 is 2.44 bits per heavy atom. The van der Waals surface area contributed by atoms with Gasteiger partial charge in [0.25, 0.3) is 5.91 Å². The first-order chi connectivity index (χ1) is 11.7. The predicted molar refractivity (Wildman–Crippen MR) is 94.2 cm³/mol. The van der Waals surface area contributed by atoms with Gasteiger partial charge in [0.1, 0.15) is 11.4 Å². The minimum atomic E-state index is -3.97. The largest absolute Gasteiger partial charge is 0.463 e. The number of allylic oxidation sites excluding steroid dienone is 1. The van der Waals surface area contributed by atoms with Gasteiger partial charge in [-0.1, -0.05) is 6.92 Å². The van der Waals surface area contributed by atoms with Crippen molar-refractivity contribution in [1.82, 2.24) is 9.21 Å². The molecule has 2 aliphatic heterocycles. The molecular weight excluding hydrogens is 342 g/mol. The molecule has 1 unspecified atom stereocenters. The van der Waals surface area contributed by atoms with Gasteiger partial charge in [-0.25, -0.2) is 4.31 Å². The summed E-state index contributed by atoms with van der Waals surface area (Å²) >= 11 is 0. The number of carbonyl (C=O) groups is 1. The molecule has 3 rings (SSSR count). The molecular formula is C17H23N3O4S. The lowest BCUT2D eigenvalue weighted by Gasteiger charge is -2.43. The van der Waals surface area contributed by atoms with Gasteiger partial charge in [0.2, 0.25) is 0 Å². The van der Waals surface area contributed by atoms with E-state index in [1.54, 1.807) is 17.0 Å². The summed E-state index contributed by atoms with van der Waals surface area (Å²) in [4.78, 5) is 14.9. The van der Waals surface area contributed by atoms with Gasteiger partial charge in [-0.15, -0.1) is 4.40 Å². The molecule has 25 heavy (non-hydrogen) atoms. The van der Waals surface area contributed by atoms with E-state index in [0.717, 1.165) is 17.1 Å². The normalized spacial score (nSPS) is 29.2. The number of likely N-dealkylation sites (N-methyl/N-ethyl adjacent to an activating group) is 1. The van der Waals surface area contributed by atoms with Gasteiger partial charge in [0, 0.05) is 19.1 Å². The summed E-state index contributed by atoms with van der Waals surface area (Å²) in [6.07, 6.45) is 4.73. The van der Waals surface area contributed by atoms with Gasteiger partial charge < -0.3 is 9.32 Å². The summed E-state index contributed by atoms with van der Waals surface area (Å²) in [6.45, 7) is 6.18. The fourth-order valence-corrected chi connectivity index (χ4v) is 4.64. The third-order valence-corrected chi connectivity index (χ3v) is 6.15. The van der Waals surface area contributed by atoms with Gasteiger partial charge in [0.15, 0.2) is 5.76 Å². The molecule has 136 valence electrons. The van der Waals surface area contributed by atoms with Gasteiger partial charge in [-0.05, 0) is 50.8 Å². The Hall–Kier alpha value is -2.09. The number of hydrogen-bond acceptors (Lipinski definition) is 4. The summed E-state index contributed by atoms with van der Waals surface area (Å²) in [5.41, 5.74) is 0.229. The number of nitrogens with zero attached hydrogens (tertiary/aromatic N) is 3. The molecule has 8 heteroatoms. The molecule has 2 aliphatic rings. The van der Waals surface area contributed by atoms with Gasteiger partial charge in [-0.2, -0.15) is 8.42 Å². The molecule has 1 aromatic heterocycles. The van der Waals surface area contributed by atoms with Gasteiger partial charge in [0.05, 0.1) is 6.26 Å². The highest BCUT2D eigenvalue weighted by Gasteiger charge is 2.38. The van der Waals surface area contributed by atoms with Crippen LogP contribution in [0.4, 0.5) is 0 Å². The van der Waals surface area contributed by atoms with E-state index in [9.17, 15) is 13.2 Å². The molecule has 3 heterocycles. The van der Waals surface area contributed by atoms with Crippen molar-refractivity contribution >= 4 is 21.8 Å². The topological polar surface area (TPSA) is 83.2 Å². The molecule has 0 radical (unpaired) electrons. The maximum atomic E-state index is 13.2. The summed E-state index contributed by atoms with van der Waals surface area (Å²) in [6, 6.07) is 3.36. The lowest BCUT2D eigenvalue weighted by Crippen LogP contribution is -2.52. The van der Waals surface area contributed by atoms with E-state index in [4.69, 9.17) is 4.42 Å². The van der Waals surface area contributed by atoms with Crippen LogP contribution in [0.25, 0.3) is 0 Å². The van der Waals surface area contributed by atoms with Crippen molar-refractivity contribution in [3.05, 3.63) is 35.9 Å². The van der Waals surface area contributed by atoms with Crippen LogP contribution in [-0.4, -0.2) is 48.4 Å². The molecule has 0 bridgehead atoms. The van der Waals surface area contributed by atoms with Crippen LogP contribution in [0.15, 0.2) is 39.0 Å². The SMILES string of the molecule is CC1C[C@@H](C)N(C(=O)C2=CC(c3ccco3)=NS(=O)(=O)N2C)[C@@H](C)C1. The van der Waals surface area contributed by atoms with E-state index in [-0.39, 0.29) is 29.4 Å². The van der Waals surface area contributed by atoms with E-state index in [1.807, 2.05) is 13.8 Å². The summed E-state index contributed by atoms with van der Waals surface area (Å²) < 4.78 is 34.7. The fraction of sp³-hybridized carbons (Fsp3) is 0.529. The van der Waals surface area contributed by atoms with Crippen molar-refractivity contribution < 1.29 is 17.6 Å². The highest BCUT2D eigenvalue weighted by Crippen LogP contribution is 2.30. The molecule has 3 atom stereocenters. The smallest absolute Gasteiger partial charge is 0.345 e. The zero-order valence-corrected chi connectivity index (χ0v) is 15.7. The second kappa shape index (κ2) is 6.33. The number of piperidine rings is 1. The van der Waals surface area contributed by atoms with Crippen molar-refractivity contribution in [3.63, 3.8) is 0 Å². The first-order valence-corrected chi connectivity index (χ1v) is 9.77. The molecule has 1 aromatic rings. The molecule has 0 aromatic carbocycles. The molecule has 1 fully saturated rings. The standard InChI is InChI=1S/C17H23N3O4S/c1-11-8-12(2)20(13(3)9-11)17(21)15-10-14(16-6-5-7-24-16)18-25(22,23)19(15)4/h5-7,10-13H,8-9H2,1-4H3/t11?,12-,13+. The van der Waals surface area contributed by atoms with E-state index in [2.05, 4.69) is 11.3 Å².